The number of fused-ring (bicyclic) bond motifs is 1. The maximum Gasteiger partial charge on any atom is 0.337 e. The average Bonchev–Trinajstić information content (AvgIpc) is 2.88. The van der Waals surface area contributed by atoms with Crippen LogP contribution in [0.3, 0.4) is 0 Å². The minimum absolute atomic E-state index is 0.273. The number of carbonyl (C=O) groups is 3. The first kappa shape index (κ1) is 24.8. The summed E-state index contributed by atoms with van der Waals surface area (Å²) in [5.41, 5.74) is 2.80. The van der Waals surface area contributed by atoms with Crippen molar-refractivity contribution in [1.82, 2.24) is 10.2 Å². The first-order chi connectivity index (χ1) is 17.4. The van der Waals surface area contributed by atoms with Gasteiger partial charge in [-0.05, 0) is 42.5 Å². The molecule has 186 valence electrons. The van der Waals surface area contributed by atoms with E-state index in [1.807, 2.05) is 49.4 Å². The Morgan fingerprint density at radius 2 is 1.78 bits per heavy atom. The second kappa shape index (κ2) is 10.9. The molecule has 0 radical (unpaired) electrons. The third kappa shape index (κ3) is 5.17. The molecule has 0 fully saturated rings. The van der Waals surface area contributed by atoms with Gasteiger partial charge in [-0.1, -0.05) is 61.9 Å². The highest BCUT2D eigenvalue weighted by Gasteiger charge is 2.36. The molecule has 0 aliphatic carbocycles. The van der Waals surface area contributed by atoms with Crippen molar-refractivity contribution in [2.24, 2.45) is 0 Å². The van der Waals surface area contributed by atoms with Gasteiger partial charge in [-0.25, -0.2) is 14.4 Å². The van der Waals surface area contributed by atoms with E-state index in [1.165, 1.54) is 7.11 Å². The molecule has 0 spiro atoms. The molecular formula is C28H30N4O4. The van der Waals surface area contributed by atoms with Gasteiger partial charge >= 0.3 is 18.0 Å². The topological polar surface area (TPSA) is 99.8 Å². The lowest BCUT2D eigenvalue weighted by molar-refractivity contribution is -0.136. The quantitative estimate of drug-likeness (QED) is 0.368. The summed E-state index contributed by atoms with van der Waals surface area (Å²) in [5, 5.41) is 10.6. The molecule has 36 heavy (non-hydrogen) atoms. The lowest BCUT2D eigenvalue weighted by Crippen LogP contribution is -2.48. The fraction of sp³-hybridized carbons (Fsp3) is 0.250. The lowest BCUT2D eigenvalue weighted by atomic mass is 9.94. The minimum Gasteiger partial charge on any atom is -0.466 e. The van der Waals surface area contributed by atoms with Gasteiger partial charge in [-0.15, -0.1) is 0 Å². The van der Waals surface area contributed by atoms with E-state index in [4.69, 9.17) is 4.74 Å². The zero-order valence-electron chi connectivity index (χ0n) is 20.6. The standard InChI is InChI=1S/C28H30N4O4/c1-4-5-16-32-18(2)24(26(33)36-3)25(31-28(32)35)20-12-8-13-21(17-20)29-27(34)30-23-15-9-11-19-10-6-7-14-22(19)23/h6-15,17,25H,4-5,16H2,1-3H3,(H,31,35)(H2,29,30,34). The summed E-state index contributed by atoms with van der Waals surface area (Å²) in [5.74, 6) is -0.508. The number of hydrogen-bond acceptors (Lipinski definition) is 4. The molecule has 8 heteroatoms. The first-order valence-corrected chi connectivity index (χ1v) is 12.0. The highest BCUT2D eigenvalue weighted by Crippen LogP contribution is 2.32. The van der Waals surface area contributed by atoms with Crippen LogP contribution in [0.15, 0.2) is 78.0 Å². The molecule has 0 bridgehead atoms. The Morgan fingerprint density at radius 1 is 1.03 bits per heavy atom. The molecule has 3 aromatic carbocycles. The summed E-state index contributed by atoms with van der Waals surface area (Å²) in [4.78, 5) is 40.0. The summed E-state index contributed by atoms with van der Waals surface area (Å²) >= 11 is 0. The van der Waals surface area contributed by atoms with Crippen LogP contribution in [-0.2, 0) is 9.53 Å². The first-order valence-electron chi connectivity index (χ1n) is 12.0. The number of unbranched alkanes of at least 4 members (excludes halogenated alkanes) is 1. The van der Waals surface area contributed by atoms with Crippen LogP contribution in [0.2, 0.25) is 0 Å². The van der Waals surface area contributed by atoms with Crippen molar-refractivity contribution in [3.63, 3.8) is 0 Å². The molecule has 1 unspecified atom stereocenters. The van der Waals surface area contributed by atoms with Crippen LogP contribution in [0.4, 0.5) is 21.0 Å². The van der Waals surface area contributed by atoms with Crippen LogP contribution < -0.4 is 16.0 Å². The number of hydrogen-bond donors (Lipinski definition) is 3. The normalized spacial score (nSPS) is 15.5. The van der Waals surface area contributed by atoms with Gasteiger partial charge in [0.2, 0.25) is 0 Å². The molecule has 8 nitrogen and oxygen atoms in total. The molecule has 4 rings (SSSR count). The highest BCUT2D eigenvalue weighted by molar-refractivity contribution is 6.06. The Labute approximate surface area is 210 Å². The number of urea groups is 2. The predicted octanol–water partition coefficient (Wildman–Crippen LogP) is 5.80. The number of methoxy groups -OCH3 is 1. The number of esters is 1. The van der Waals surface area contributed by atoms with Crippen molar-refractivity contribution >= 4 is 40.2 Å². The Kier molecular flexibility index (Phi) is 7.53. The van der Waals surface area contributed by atoms with Gasteiger partial charge in [-0.2, -0.15) is 0 Å². The van der Waals surface area contributed by atoms with Crippen molar-refractivity contribution in [2.45, 2.75) is 32.7 Å². The number of carbonyl (C=O) groups excluding carboxylic acids is 3. The molecule has 0 saturated carbocycles. The van der Waals surface area contributed by atoms with Gasteiger partial charge in [0, 0.05) is 23.3 Å². The SMILES string of the molecule is CCCCN1C(=O)NC(c2cccc(NC(=O)Nc3cccc4ccccc34)c2)C(C(=O)OC)=C1C. The monoisotopic (exact) mass is 486 g/mol. The van der Waals surface area contributed by atoms with Gasteiger partial charge in [-0.3, -0.25) is 4.90 Å². The summed E-state index contributed by atoms with van der Waals surface area (Å²) in [6.07, 6.45) is 1.73. The number of rotatable bonds is 7. The van der Waals surface area contributed by atoms with Crippen molar-refractivity contribution in [3.05, 3.63) is 83.6 Å². The number of nitrogens with one attached hydrogen (secondary N) is 3. The van der Waals surface area contributed by atoms with E-state index < -0.39 is 18.0 Å². The third-order valence-electron chi connectivity index (χ3n) is 6.25. The van der Waals surface area contributed by atoms with E-state index in [1.54, 1.807) is 36.1 Å². The number of allylic oxidation sites excluding steroid dienone is 1. The van der Waals surface area contributed by atoms with E-state index in [2.05, 4.69) is 16.0 Å². The van der Waals surface area contributed by atoms with E-state index in [0.717, 1.165) is 23.6 Å². The van der Waals surface area contributed by atoms with Crippen molar-refractivity contribution in [1.29, 1.82) is 0 Å². The fourth-order valence-electron chi connectivity index (χ4n) is 4.41. The Morgan fingerprint density at radius 3 is 2.56 bits per heavy atom. The summed E-state index contributed by atoms with van der Waals surface area (Å²) in [7, 11) is 1.32. The van der Waals surface area contributed by atoms with Gasteiger partial charge < -0.3 is 20.7 Å². The summed E-state index contributed by atoms with van der Waals surface area (Å²) < 4.78 is 5.04. The van der Waals surface area contributed by atoms with Crippen LogP contribution >= 0.6 is 0 Å². The van der Waals surface area contributed by atoms with Crippen LogP contribution in [-0.4, -0.2) is 36.6 Å². The molecule has 3 N–H and O–H groups in total. The predicted molar refractivity (Wildman–Crippen MR) is 141 cm³/mol. The number of amides is 4. The zero-order valence-corrected chi connectivity index (χ0v) is 20.6. The summed E-state index contributed by atoms with van der Waals surface area (Å²) in [6.45, 7) is 4.31. The molecule has 0 saturated heterocycles. The molecule has 1 atom stereocenters. The van der Waals surface area contributed by atoms with Crippen molar-refractivity contribution in [3.8, 4) is 0 Å². The molecule has 0 aromatic heterocycles. The molecule has 1 heterocycles. The molecule has 1 aliphatic rings. The Balaban J connectivity index is 1.58. The highest BCUT2D eigenvalue weighted by atomic mass is 16.5. The van der Waals surface area contributed by atoms with Gasteiger partial charge in [0.25, 0.3) is 0 Å². The van der Waals surface area contributed by atoms with E-state index in [0.29, 0.717) is 34.8 Å². The third-order valence-corrected chi connectivity index (χ3v) is 6.25. The number of ether oxygens (including phenoxy) is 1. The largest absolute Gasteiger partial charge is 0.466 e. The second-order valence-corrected chi connectivity index (χ2v) is 8.61. The zero-order chi connectivity index (χ0) is 25.7. The van der Waals surface area contributed by atoms with Crippen molar-refractivity contribution < 1.29 is 19.1 Å². The molecular weight excluding hydrogens is 456 g/mol. The molecule has 4 amide bonds. The van der Waals surface area contributed by atoms with Crippen LogP contribution in [0.25, 0.3) is 10.8 Å². The van der Waals surface area contributed by atoms with Gasteiger partial charge in [0.15, 0.2) is 0 Å². The van der Waals surface area contributed by atoms with E-state index in [9.17, 15) is 14.4 Å². The Bertz CT molecular complexity index is 1330. The maximum atomic E-state index is 12.9. The minimum atomic E-state index is -0.703. The summed E-state index contributed by atoms with van der Waals surface area (Å²) in [6, 6.07) is 19.2. The average molecular weight is 487 g/mol. The smallest absolute Gasteiger partial charge is 0.337 e. The number of nitrogens with zero attached hydrogens (tertiary/aromatic N) is 1. The van der Waals surface area contributed by atoms with Crippen LogP contribution in [0.1, 0.15) is 38.3 Å². The maximum absolute atomic E-state index is 12.9. The van der Waals surface area contributed by atoms with Crippen molar-refractivity contribution in [2.75, 3.05) is 24.3 Å². The Hall–Kier alpha value is -4.33. The molecule has 1 aliphatic heterocycles. The number of anilines is 2. The lowest BCUT2D eigenvalue weighted by Gasteiger charge is -2.35. The van der Waals surface area contributed by atoms with Gasteiger partial charge in [0.05, 0.1) is 24.4 Å². The van der Waals surface area contributed by atoms with Crippen LogP contribution in [0.5, 0.6) is 0 Å². The van der Waals surface area contributed by atoms with E-state index in [-0.39, 0.29) is 6.03 Å². The van der Waals surface area contributed by atoms with Crippen LogP contribution in [0, 0.1) is 0 Å². The second-order valence-electron chi connectivity index (χ2n) is 8.61. The number of benzene rings is 3. The molecule has 3 aromatic rings. The van der Waals surface area contributed by atoms with Gasteiger partial charge in [0.1, 0.15) is 0 Å². The fourth-order valence-corrected chi connectivity index (χ4v) is 4.41. The van der Waals surface area contributed by atoms with E-state index >= 15 is 0 Å².